The molecule has 0 unspecified atom stereocenters. The zero-order valence-corrected chi connectivity index (χ0v) is 11.6. The van der Waals surface area contributed by atoms with Gasteiger partial charge in [0.2, 0.25) is 0 Å². The molecule has 2 aromatic rings. The third-order valence-corrected chi connectivity index (χ3v) is 3.35. The number of benzene rings is 1. The third-order valence-electron chi connectivity index (χ3n) is 3.02. The molecule has 1 aromatic heterocycles. The highest BCUT2D eigenvalue weighted by Gasteiger charge is 2.10. The normalized spacial score (nSPS) is 10.9. The lowest BCUT2D eigenvalue weighted by Gasteiger charge is -2.11. The Bertz CT molecular complexity index is 569. The summed E-state index contributed by atoms with van der Waals surface area (Å²) in [4.78, 5) is 4.69. The van der Waals surface area contributed by atoms with E-state index in [0.717, 1.165) is 40.9 Å². The summed E-state index contributed by atoms with van der Waals surface area (Å²) in [6.45, 7) is 2.97. The van der Waals surface area contributed by atoms with Crippen molar-refractivity contribution in [3.8, 4) is 5.75 Å². The van der Waals surface area contributed by atoms with Gasteiger partial charge < -0.3 is 10.1 Å². The van der Waals surface area contributed by atoms with E-state index in [9.17, 15) is 0 Å². The molecule has 2 rings (SSSR count). The van der Waals surface area contributed by atoms with E-state index in [-0.39, 0.29) is 0 Å². The molecule has 4 heteroatoms. The molecule has 1 N–H and O–H groups in total. The van der Waals surface area contributed by atoms with Crippen LogP contribution in [0.25, 0.3) is 10.9 Å². The van der Waals surface area contributed by atoms with Gasteiger partial charge in [-0.15, -0.1) is 0 Å². The van der Waals surface area contributed by atoms with Gasteiger partial charge in [-0.05, 0) is 37.7 Å². The van der Waals surface area contributed by atoms with Crippen LogP contribution in [-0.4, -0.2) is 25.7 Å². The molecule has 0 fully saturated rings. The fourth-order valence-corrected chi connectivity index (χ4v) is 2.21. The number of hydrogen-bond donors (Lipinski definition) is 1. The minimum absolute atomic E-state index is 0.710. The number of likely N-dealkylation sites (N-methyl/N-ethyl adjacent to an activating group) is 1. The van der Waals surface area contributed by atoms with Crippen LogP contribution in [0.3, 0.4) is 0 Å². The summed E-state index contributed by atoms with van der Waals surface area (Å²) in [5.41, 5.74) is 3.08. The number of methoxy groups -OCH3 is 1. The van der Waals surface area contributed by atoms with Crippen molar-refractivity contribution >= 4 is 22.5 Å². The van der Waals surface area contributed by atoms with Crippen molar-refractivity contribution in [2.45, 2.75) is 13.3 Å². The fourth-order valence-electron chi connectivity index (χ4n) is 2.00. The summed E-state index contributed by atoms with van der Waals surface area (Å²) >= 11 is 6.21. The van der Waals surface area contributed by atoms with Crippen molar-refractivity contribution in [2.24, 2.45) is 0 Å². The van der Waals surface area contributed by atoms with Gasteiger partial charge in [0.15, 0.2) is 0 Å². The number of rotatable bonds is 4. The molecule has 3 nitrogen and oxygen atoms in total. The standard InChI is InChI=1S/C14H17ClN2O/c1-9-8-10-11(15)4-5-13(18-3)14(10)17-12(9)6-7-16-2/h4-5,8,16H,6-7H2,1-3H3. The van der Waals surface area contributed by atoms with Crippen molar-refractivity contribution in [1.29, 1.82) is 0 Å². The zero-order valence-electron chi connectivity index (χ0n) is 10.9. The third kappa shape index (κ3) is 2.42. The van der Waals surface area contributed by atoms with E-state index in [2.05, 4.69) is 18.3 Å². The van der Waals surface area contributed by atoms with Crippen LogP contribution in [0.2, 0.25) is 5.02 Å². The Morgan fingerprint density at radius 1 is 1.39 bits per heavy atom. The van der Waals surface area contributed by atoms with Gasteiger partial charge in [0.1, 0.15) is 11.3 Å². The molecule has 0 amide bonds. The first-order chi connectivity index (χ1) is 8.67. The predicted octanol–water partition coefficient (Wildman–Crippen LogP) is 2.97. The van der Waals surface area contributed by atoms with Crippen LogP contribution in [0.5, 0.6) is 5.75 Å². The second kappa shape index (κ2) is 5.55. The number of fused-ring (bicyclic) bond motifs is 1. The molecule has 18 heavy (non-hydrogen) atoms. The Labute approximate surface area is 112 Å². The molecule has 0 radical (unpaired) electrons. The maximum absolute atomic E-state index is 6.21. The molecule has 96 valence electrons. The lowest BCUT2D eigenvalue weighted by Crippen LogP contribution is -2.12. The van der Waals surface area contributed by atoms with Gasteiger partial charge in [-0.3, -0.25) is 0 Å². The van der Waals surface area contributed by atoms with Crippen LogP contribution >= 0.6 is 11.6 Å². The first-order valence-corrected chi connectivity index (χ1v) is 6.32. The molecule has 1 heterocycles. The Kier molecular flexibility index (Phi) is 4.04. The number of aryl methyl sites for hydroxylation is 1. The number of ether oxygens (including phenoxy) is 1. The van der Waals surface area contributed by atoms with Gasteiger partial charge in [0.25, 0.3) is 0 Å². The smallest absolute Gasteiger partial charge is 0.145 e. The lowest BCUT2D eigenvalue weighted by atomic mass is 10.1. The highest BCUT2D eigenvalue weighted by Crippen LogP contribution is 2.31. The summed E-state index contributed by atoms with van der Waals surface area (Å²) in [6, 6.07) is 5.78. The maximum Gasteiger partial charge on any atom is 0.145 e. The summed E-state index contributed by atoms with van der Waals surface area (Å²) in [7, 11) is 3.59. The van der Waals surface area contributed by atoms with E-state index in [1.807, 2.05) is 19.2 Å². The number of pyridine rings is 1. The number of hydrogen-bond acceptors (Lipinski definition) is 3. The van der Waals surface area contributed by atoms with E-state index in [1.165, 1.54) is 0 Å². The van der Waals surface area contributed by atoms with Crippen LogP contribution in [-0.2, 0) is 6.42 Å². The molecule has 0 aliphatic heterocycles. The molecule has 0 spiro atoms. The van der Waals surface area contributed by atoms with Crippen LogP contribution < -0.4 is 10.1 Å². The van der Waals surface area contributed by atoms with Crippen molar-refractivity contribution in [2.75, 3.05) is 20.7 Å². The van der Waals surface area contributed by atoms with Crippen LogP contribution in [0.4, 0.5) is 0 Å². The molecule has 0 atom stereocenters. The molecule has 0 saturated heterocycles. The highest BCUT2D eigenvalue weighted by atomic mass is 35.5. The van der Waals surface area contributed by atoms with Gasteiger partial charge in [0.05, 0.1) is 12.1 Å². The topological polar surface area (TPSA) is 34.2 Å². The van der Waals surface area contributed by atoms with Crippen molar-refractivity contribution in [1.82, 2.24) is 10.3 Å². The number of halogens is 1. The van der Waals surface area contributed by atoms with Gasteiger partial charge >= 0.3 is 0 Å². The van der Waals surface area contributed by atoms with Crippen molar-refractivity contribution < 1.29 is 4.74 Å². The Morgan fingerprint density at radius 3 is 2.83 bits per heavy atom. The molecule has 0 bridgehead atoms. The van der Waals surface area contributed by atoms with Gasteiger partial charge in [0, 0.05) is 24.0 Å². The molecular formula is C14H17ClN2O. The average molecular weight is 265 g/mol. The van der Waals surface area contributed by atoms with Crippen LogP contribution in [0.1, 0.15) is 11.3 Å². The second-order valence-electron chi connectivity index (χ2n) is 4.25. The van der Waals surface area contributed by atoms with Gasteiger partial charge in [-0.25, -0.2) is 4.98 Å². The summed E-state index contributed by atoms with van der Waals surface area (Å²) in [6.07, 6.45) is 0.897. The monoisotopic (exact) mass is 264 g/mol. The first-order valence-electron chi connectivity index (χ1n) is 5.94. The SMILES string of the molecule is CNCCc1nc2c(OC)ccc(Cl)c2cc1C. The molecular weight excluding hydrogens is 248 g/mol. The highest BCUT2D eigenvalue weighted by molar-refractivity contribution is 6.35. The zero-order chi connectivity index (χ0) is 13.1. The van der Waals surface area contributed by atoms with E-state index in [1.54, 1.807) is 7.11 Å². The van der Waals surface area contributed by atoms with E-state index in [0.29, 0.717) is 5.02 Å². The van der Waals surface area contributed by atoms with E-state index in [4.69, 9.17) is 21.3 Å². The average Bonchev–Trinajstić information content (AvgIpc) is 2.38. The minimum Gasteiger partial charge on any atom is -0.494 e. The summed E-state index contributed by atoms with van der Waals surface area (Å²) in [5, 5.41) is 4.79. The Morgan fingerprint density at radius 2 is 2.17 bits per heavy atom. The van der Waals surface area contributed by atoms with Crippen molar-refractivity contribution in [3.63, 3.8) is 0 Å². The van der Waals surface area contributed by atoms with Crippen molar-refractivity contribution in [3.05, 3.63) is 34.5 Å². The van der Waals surface area contributed by atoms with Crippen LogP contribution in [0.15, 0.2) is 18.2 Å². The number of nitrogens with one attached hydrogen (secondary N) is 1. The largest absolute Gasteiger partial charge is 0.494 e. The Balaban J connectivity index is 2.60. The second-order valence-corrected chi connectivity index (χ2v) is 4.66. The lowest BCUT2D eigenvalue weighted by molar-refractivity contribution is 0.419. The quantitative estimate of drug-likeness (QED) is 0.922. The first kappa shape index (κ1) is 13.1. The maximum atomic E-state index is 6.21. The predicted molar refractivity (Wildman–Crippen MR) is 75.7 cm³/mol. The number of nitrogens with zero attached hydrogens (tertiary/aromatic N) is 1. The fraction of sp³-hybridized carbons (Fsp3) is 0.357. The minimum atomic E-state index is 0.710. The van der Waals surface area contributed by atoms with E-state index >= 15 is 0 Å². The molecule has 1 aromatic carbocycles. The summed E-state index contributed by atoms with van der Waals surface area (Å²) in [5.74, 6) is 0.764. The van der Waals surface area contributed by atoms with Gasteiger partial charge in [-0.2, -0.15) is 0 Å². The number of aromatic nitrogens is 1. The van der Waals surface area contributed by atoms with Crippen LogP contribution in [0, 0.1) is 6.92 Å². The van der Waals surface area contributed by atoms with E-state index < -0.39 is 0 Å². The Hall–Kier alpha value is -1.32. The molecule has 0 aliphatic carbocycles. The van der Waals surface area contributed by atoms with Gasteiger partial charge in [-0.1, -0.05) is 11.6 Å². The molecule has 0 saturated carbocycles. The summed E-state index contributed by atoms with van der Waals surface area (Å²) < 4.78 is 5.35. The molecule has 0 aliphatic rings.